The van der Waals surface area contributed by atoms with Crippen molar-refractivity contribution in [2.45, 2.75) is 53.4 Å². The van der Waals surface area contributed by atoms with E-state index in [1.807, 2.05) is 0 Å². The average Bonchev–Trinajstić information content (AvgIpc) is 3.33. The number of rotatable bonds is 4. The molecule has 4 rings (SSSR count). The lowest BCUT2D eigenvalue weighted by atomic mass is 10.3. The van der Waals surface area contributed by atoms with E-state index in [1.54, 1.807) is 20.8 Å². The molecule has 0 aliphatic heterocycles. The first kappa shape index (κ1) is 16.6. The maximum atomic E-state index is 2.52. The van der Waals surface area contributed by atoms with Crippen molar-refractivity contribution in [3.05, 3.63) is 91.7 Å². The van der Waals surface area contributed by atoms with E-state index in [2.05, 4.69) is 76.3 Å². The van der Waals surface area contributed by atoms with Crippen LogP contribution in [0.1, 0.15) is 53.4 Å². The topological polar surface area (TPSA) is 0 Å². The van der Waals surface area contributed by atoms with Gasteiger partial charge in [0.2, 0.25) is 0 Å². The normalized spacial score (nSPS) is 22.9. The molecule has 0 saturated heterocycles. The lowest BCUT2D eigenvalue weighted by Crippen LogP contribution is -2.44. The fourth-order valence-electron chi connectivity index (χ4n) is 4.94. The zero-order valence-corrected chi connectivity index (χ0v) is 16.9. The quantitative estimate of drug-likeness (QED) is 0.498. The van der Waals surface area contributed by atoms with Crippen LogP contribution in [0.25, 0.3) is 0 Å². The Morgan fingerprint density at radius 3 is 0.880 bits per heavy atom. The third-order valence-electron chi connectivity index (χ3n) is 6.11. The molecule has 0 spiro atoms. The van der Waals surface area contributed by atoms with Gasteiger partial charge in [-0.2, -0.15) is 0 Å². The molecule has 0 radical (unpaired) electrons. The molecule has 0 atom stereocenters. The summed E-state index contributed by atoms with van der Waals surface area (Å²) in [5.74, 6) is 0. The molecule has 0 aromatic carbocycles. The van der Waals surface area contributed by atoms with Gasteiger partial charge in [-0.3, -0.25) is 0 Å². The van der Waals surface area contributed by atoms with Crippen molar-refractivity contribution >= 4 is 8.07 Å². The van der Waals surface area contributed by atoms with Crippen molar-refractivity contribution in [1.82, 2.24) is 0 Å². The minimum Gasteiger partial charge on any atom is -0.0779 e. The van der Waals surface area contributed by atoms with E-state index in [0.29, 0.717) is 0 Å². The molecule has 0 saturated carbocycles. The van der Waals surface area contributed by atoms with Crippen molar-refractivity contribution in [3.63, 3.8) is 0 Å². The van der Waals surface area contributed by atoms with E-state index in [4.69, 9.17) is 0 Å². The predicted molar refractivity (Wildman–Crippen MR) is 112 cm³/mol. The molecule has 4 aliphatic rings. The van der Waals surface area contributed by atoms with Crippen LogP contribution in [0.2, 0.25) is 0 Å². The van der Waals surface area contributed by atoms with E-state index in [1.165, 1.54) is 22.3 Å². The molecule has 128 valence electrons. The maximum Gasteiger partial charge on any atom is 0.164 e. The minimum atomic E-state index is -1.99. The van der Waals surface area contributed by atoms with Crippen molar-refractivity contribution in [2.24, 2.45) is 0 Å². The molecule has 0 unspecified atom stereocenters. The van der Waals surface area contributed by atoms with Crippen molar-refractivity contribution < 1.29 is 0 Å². The molecule has 0 fully saturated rings. The lowest BCUT2D eigenvalue weighted by Gasteiger charge is -2.38. The van der Waals surface area contributed by atoms with Gasteiger partial charge in [0, 0.05) is 0 Å². The molecule has 0 amide bonds. The molecular formula is C24H28Si. The standard InChI is InChI=1S/C24H28Si/c1-17-5-9-21(13-17)25(22-10-6-18(2)14-22,23-11-7-19(3)15-23)24-12-8-20(4)16-24/h5-8,13-16H,9-12H2,1-4H3. The van der Waals surface area contributed by atoms with Gasteiger partial charge in [-0.15, -0.1) is 0 Å². The molecule has 25 heavy (non-hydrogen) atoms. The molecule has 0 heterocycles. The van der Waals surface area contributed by atoms with Crippen molar-refractivity contribution in [3.8, 4) is 0 Å². The van der Waals surface area contributed by atoms with Crippen molar-refractivity contribution in [2.75, 3.05) is 0 Å². The van der Waals surface area contributed by atoms with Gasteiger partial charge in [-0.1, -0.05) is 91.7 Å². The Balaban J connectivity index is 1.93. The summed E-state index contributed by atoms with van der Waals surface area (Å²) in [5, 5.41) is 6.84. The third kappa shape index (κ3) is 2.66. The highest BCUT2D eigenvalue weighted by molar-refractivity contribution is 7.04. The summed E-state index contributed by atoms with van der Waals surface area (Å²) >= 11 is 0. The molecule has 0 aromatic rings. The molecule has 4 aliphatic carbocycles. The second kappa shape index (κ2) is 6.14. The minimum absolute atomic E-state index is 1.14. The molecule has 1 heteroatoms. The summed E-state index contributed by atoms with van der Waals surface area (Å²) in [6, 6.07) is 0. The van der Waals surface area contributed by atoms with Crippen LogP contribution < -0.4 is 0 Å². The summed E-state index contributed by atoms with van der Waals surface area (Å²) in [7, 11) is -1.99. The van der Waals surface area contributed by atoms with Crippen LogP contribution in [-0.2, 0) is 0 Å². The van der Waals surface area contributed by atoms with Gasteiger partial charge < -0.3 is 0 Å². The van der Waals surface area contributed by atoms with Gasteiger partial charge in [0.25, 0.3) is 0 Å². The molecule has 0 N–H and O–H groups in total. The Kier molecular flexibility index (Phi) is 4.08. The highest BCUT2D eigenvalue weighted by atomic mass is 28.3. The van der Waals surface area contributed by atoms with Crippen LogP contribution in [-0.4, -0.2) is 8.07 Å². The Hall–Kier alpha value is -1.86. The number of hydrogen-bond acceptors (Lipinski definition) is 0. The van der Waals surface area contributed by atoms with Gasteiger partial charge in [0.15, 0.2) is 8.07 Å². The van der Waals surface area contributed by atoms with Crippen LogP contribution in [0.5, 0.6) is 0 Å². The largest absolute Gasteiger partial charge is 0.164 e. The van der Waals surface area contributed by atoms with E-state index < -0.39 is 8.07 Å². The van der Waals surface area contributed by atoms with Crippen LogP contribution in [0.15, 0.2) is 91.7 Å². The van der Waals surface area contributed by atoms with Crippen LogP contribution in [0.4, 0.5) is 0 Å². The Morgan fingerprint density at radius 2 is 0.720 bits per heavy atom. The number of hydrogen-bond donors (Lipinski definition) is 0. The molecule has 0 aromatic heterocycles. The summed E-state index contributed by atoms with van der Waals surface area (Å²) in [6.45, 7) is 9.05. The summed E-state index contributed by atoms with van der Waals surface area (Å²) in [6.07, 6.45) is 24.3. The Morgan fingerprint density at radius 1 is 0.480 bits per heavy atom. The predicted octanol–water partition coefficient (Wildman–Crippen LogP) is 6.70. The van der Waals surface area contributed by atoms with Gasteiger partial charge in [0.05, 0.1) is 0 Å². The first-order chi connectivity index (χ1) is 12.0. The maximum absolute atomic E-state index is 2.52. The van der Waals surface area contributed by atoms with E-state index in [0.717, 1.165) is 25.7 Å². The van der Waals surface area contributed by atoms with Gasteiger partial charge in [-0.05, 0) is 53.4 Å². The Bertz CT molecular complexity index is 726. The van der Waals surface area contributed by atoms with Crippen LogP contribution >= 0.6 is 0 Å². The summed E-state index contributed by atoms with van der Waals surface area (Å²) in [4.78, 5) is 0. The van der Waals surface area contributed by atoms with Crippen molar-refractivity contribution in [1.29, 1.82) is 0 Å². The SMILES string of the molecule is CC1=CCC([Si](C2=CC(C)=CC2)(C2=CC(C)=CC2)C2=CC(C)=CC2)=C1. The van der Waals surface area contributed by atoms with E-state index >= 15 is 0 Å². The van der Waals surface area contributed by atoms with E-state index in [9.17, 15) is 0 Å². The molecular weight excluding hydrogens is 316 g/mol. The second-order valence-electron chi connectivity index (χ2n) is 8.04. The first-order valence-electron chi connectivity index (χ1n) is 9.51. The number of allylic oxidation sites excluding steroid dienone is 16. The van der Waals surface area contributed by atoms with Crippen LogP contribution in [0.3, 0.4) is 0 Å². The van der Waals surface area contributed by atoms with Gasteiger partial charge in [-0.25, -0.2) is 0 Å². The van der Waals surface area contributed by atoms with E-state index in [-0.39, 0.29) is 0 Å². The second-order valence-corrected chi connectivity index (χ2v) is 12.1. The lowest BCUT2D eigenvalue weighted by molar-refractivity contribution is 1.22. The third-order valence-corrected chi connectivity index (χ3v) is 11.4. The zero-order chi connectivity index (χ0) is 17.6. The average molecular weight is 345 g/mol. The zero-order valence-electron chi connectivity index (χ0n) is 15.9. The smallest absolute Gasteiger partial charge is 0.0779 e. The first-order valence-corrected chi connectivity index (χ1v) is 11.5. The summed E-state index contributed by atoms with van der Waals surface area (Å²) < 4.78 is 0. The monoisotopic (exact) mass is 344 g/mol. The molecule has 0 bridgehead atoms. The Labute approximate surface area is 153 Å². The highest BCUT2D eigenvalue weighted by Crippen LogP contribution is 2.49. The van der Waals surface area contributed by atoms with Crippen LogP contribution in [0, 0.1) is 0 Å². The molecule has 0 nitrogen and oxygen atoms in total. The highest BCUT2D eigenvalue weighted by Gasteiger charge is 2.48. The fraction of sp³-hybridized carbons (Fsp3) is 0.333. The fourth-order valence-corrected chi connectivity index (χ4v) is 10.8. The van der Waals surface area contributed by atoms with Gasteiger partial charge >= 0.3 is 0 Å². The van der Waals surface area contributed by atoms with Gasteiger partial charge in [0.1, 0.15) is 0 Å². The summed E-state index contributed by atoms with van der Waals surface area (Å²) in [5.41, 5.74) is 5.78.